The number of nitrogens with one attached hydrogen (secondary N) is 2. The highest BCUT2D eigenvalue weighted by Gasteiger charge is 2.29. The van der Waals surface area contributed by atoms with E-state index in [0.29, 0.717) is 22.0 Å². The number of hydrogen-bond donors (Lipinski definition) is 2. The number of piperazine rings is 1. The smallest absolute Gasteiger partial charge is 0.410 e. The molecule has 2 N–H and O–H groups in total. The van der Waals surface area contributed by atoms with Crippen LogP contribution in [-0.4, -0.2) is 113 Å². The van der Waals surface area contributed by atoms with Crippen LogP contribution in [0.5, 0.6) is 0 Å². The number of halogens is 1. The predicted molar refractivity (Wildman–Crippen MR) is 239 cm³/mol. The molecule has 0 spiro atoms. The van der Waals surface area contributed by atoms with Gasteiger partial charge in [0.25, 0.3) is 17.4 Å². The minimum Gasteiger partial charge on any atom is -0.445 e. The number of carbonyl (C=O) groups excluding carboxylic acids is 4. The van der Waals surface area contributed by atoms with E-state index in [1.165, 1.54) is 26.8 Å². The third-order valence-corrected chi connectivity index (χ3v) is 11.0. The first-order valence-electron chi connectivity index (χ1n) is 21.2. The van der Waals surface area contributed by atoms with Gasteiger partial charge in [0.2, 0.25) is 5.91 Å². The minimum atomic E-state index is -0.728. The molecule has 6 aromatic rings. The van der Waals surface area contributed by atoms with Crippen molar-refractivity contribution in [2.24, 2.45) is 0 Å². The predicted octanol–water partition coefficient (Wildman–Crippen LogP) is 5.52. The highest BCUT2D eigenvalue weighted by Crippen LogP contribution is 2.23. The van der Waals surface area contributed by atoms with E-state index in [2.05, 4.69) is 33.5 Å². The Balaban J connectivity index is 0.912. The maximum absolute atomic E-state index is 15.1. The summed E-state index contributed by atoms with van der Waals surface area (Å²) < 4.78 is 26.4. The van der Waals surface area contributed by atoms with Gasteiger partial charge in [0, 0.05) is 62.8 Å². The van der Waals surface area contributed by atoms with E-state index in [9.17, 15) is 29.2 Å². The summed E-state index contributed by atoms with van der Waals surface area (Å²) in [6.07, 6.45) is 1.94. The topological polar surface area (TPSA) is 191 Å². The number of H-pyrrole nitrogens is 1. The number of ether oxygens (including phenoxy) is 2. The summed E-state index contributed by atoms with van der Waals surface area (Å²) in [5, 5.41) is 20.3. The van der Waals surface area contributed by atoms with Crippen molar-refractivity contribution in [1.82, 2.24) is 35.2 Å². The van der Waals surface area contributed by atoms with Gasteiger partial charge in [-0.15, -0.1) is 0 Å². The van der Waals surface area contributed by atoms with Crippen molar-refractivity contribution in [2.75, 3.05) is 59.0 Å². The van der Waals surface area contributed by atoms with Gasteiger partial charge in [-0.25, -0.2) is 19.3 Å². The standard InChI is InChI=1S/C49H47FN8O7/c1-2-33-11-8-12-36(25-33)38-28-37(29-51)45(53-30-38)47(61)52-17-23-64-24-22-58(49(63)65-32-34-9-4-3-5-10-34)31-44(59)56-18-20-57(21-19-56)48(62)41-26-35(15-16-42(41)50)27-43-39-13-6-7-14-40(39)46(60)55-54-43/h3-16,25-26,28,30H,2,17-24,27,31-32H2,1H3,(H,52,61)(H,55,60). The van der Waals surface area contributed by atoms with Gasteiger partial charge in [-0.3, -0.25) is 24.1 Å². The summed E-state index contributed by atoms with van der Waals surface area (Å²) in [5.41, 5.74) is 4.41. The summed E-state index contributed by atoms with van der Waals surface area (Å²) in [7, 11) is 0. The Kier molecular flexibility index (Phi) is 15.0. The van der Waals surface area contributed by atoms with E-state index in [-0.39, 0.29) is 100 Å². The number of nitrogens with zero attached hydrogens (tertiary/aromatic N) is 6. The lowest BCUT2D eigenvalue weighted by Gasteiger charge is -2.36. The molecule has 332 valence electrons. The summed E-state index contributed by atoms with van der Waals surface area (Å²) in [4.78, 5) is 74.4. The molecule has 0 aliphatic carbocycles. The van der Waals surface area contributed by atoms with Gasteiger partial charge in [0.1, 0.15) is 30.7 Å². The van der Waals surface area contributed by atoms with Crippen molar-refractivity contribution in [2.45, 2.75) is 26.4 Å². The van der Waals surface area contributed by atoms with Crippen LogP contribution >= 0.6 is 0 Å². The van der Waals surface area contributed by atoms with Crippen molar-refractivity contribution in [3.8, 4) is 17.2 Å². The molecule has 0 bridgehead atoms. The van der Waals surface area contributed by atoms with Crippen LogP contribution in [0.3, 0.4) is 0 Å². The molecule has 16 heteroatoms. The molecule has 7 rings (SSSR count). The van der Waals surface area contributed by atoms with Crippen LogP contribution in [0.2, 0.25) is 0 Å². The van der Waals surface area contributed by atoms with E-state index in [0.717, 1.165) is 28.7 Å². The number of hydrogen-bond acceptors (Lipinski definition) is 10. The summed E-state index contributed by atoms with van der Waals surface area (Å²) in [6.45, 7) is 2.44. The molecule has 0 radical (unpaired) electrons. The van der Waals surface area contributed by atoms with Crippen LogP contribution in [0.1, 0.15) is 55.7 Å². The third kappa shape index (κ3) is 11.4. The minimum absolute atomic E-state index is 0.00736. The molecule has 0 saturated carbocycles. The number of carbonyl (C=O) groups is 4. The number of fused-ring (bicyclic) bond motifs is 1. The molecule has 0 unspecified atom stereocenters. The first kappa shape index (κ1) is 45.3. The fourth-order valence-corrected chi connectivity index (χ4v) is 7.44. The highest BCUT2D eigenvalue weighted by atomic mass is 19.1. The van der Waals surface area contributed by atoms with Gasteiger partial charge in [0.15, 0.2) is 0 Å². The van der Waals surface area contributed by atoms with Gasteiger partial charge in [-0.2, -0.15) is 10.4 Å². The van der Waals surface area contributed by atoms with Crippen molar-refractivity contribution < 1.29 is 33.0 Å². The van der Waals surface area contributed by atoms with Crippen molar-refractivity contribution in [3.05, 3.63) is 165 Å². The average molecular weight is 879 g/mol. The van der Waals surface area contributed by atoms with Crippen molar-refractivity contribution >= 4 is 34.6 Å². The maximum Gasteiger partial charge on any atom is 0.410 e. The monoisotopic (exact) mass is 878 g/mol. The number of nitriles is 1. The number of benzene rings is 4. The van der Waals surface area contributed by atoms with Crippen molar-refractivity contribution in [1.29, 1.82) is 5.26 Å². The lowest BCUT2D eigenvalue weighted by Crippen LogP contribution is -2.53. The fourth-order valence-electron chi connectivity index (χ4n) is 7.44. The van der Waals surface area contributed by atoms with E-state index < -0.39 is 23.7 Å². The number of amides is 4. The van der Waals surface area contributed by atoms with Crippen LogP contribution in [-0.2, 0) is 33.7 Å². The van der Waals surface area contributed by atoms with Gasteiger partial charge < -0.3 is 24.6 Å². The first-order chi connectivity index (χ1) is 31.6. The zero-order valence-electron chi connectivity index (χ0n) is 35.8. The van der Waals surface area contributed by atoms with Crippen LogP contribution in [0.25, 0.3) is 21.9 Å². The molecule has 1 fully saturated rings. The maximum atomic E-state index is 15.1. The van der Waals surface area contributed by atoms with Gasteiger partial charge >= 0.3 is 6.09 Å². The molecule has 1 aliphatic rings. The Labute approximate surface area is 374 Å². The number of aromatic nitrogens is 3. The Morgan fingerprint density at radius 2 is 1.58 bits per heavy atom. The molecule has 3 heterocycles. The third-order valence-electron chi connectivity index (χ3n) is 11.0. The summed E-state index contributed by atoms with van der Waals surface area (Å²) in [6, 6.07) is 32.0. The number of pyridine rings is 1. The van der Waals surface area contributed by atoms with Gasteiger partial charge in [0.05, 0.1) is 35.4 Å². The number of aromatic amines is 1. The molecule has 0 atom stereocenters. The second-order valence-electron chi connectivity index (χ2n) is 15.3. The van der Waals surface area contributed by atoms with E-state index in [1.54, 1.807) is 42.6 Å². The normalized spacial score (nSPS) is 12.4. The van der Waals surface area contributed by atoms with E-state index >= 15 is 4.39 Å². The highest BCUT2D eigenvalue weighted by molar-refractivity contribution is 5.96. The Morgan fingerprint density at radius 3 is 2.35 bits per heavy atom. The summed E-state index contributed by atoms with van der Waals surface area (Å²) in [5.74, 6) is -2.12. The molecule has 65 heavy (non-hydrogen) atoms. The van der Waals surface area contributed by atoms with Crippen LogP contribution < -0.4 is 10.9 Å². The van der Waals surface area contributed by atoms with Gasteiger partial charge in [-0.05, 0) is 52.9 Å². The Hall–Kier alpha value is -7.77. The molecule has 2 aromatic heterocycles. The van der Waals surface area contributed by atoms with Crippen LogP contribution in [0.4, 0.5) is 9.18 Å². The SMILES string of the molecule is CCc1cccc(-c2cnc(C(=O)NCCOCCN(CC(=O)N3CCN(C(=O)c4cc(Cc5n[nH]c(=O)c6ccccc56)ccc4F)CC3)C(=O)OCc3ccccc3)c(C#N)c2)c1. The van der Waals surface area contributed by atoms with E-state index in [4.69, 9.17) is 9.47 Å². The van der Waals surface area contributed by atoms with Crippen LogP contribution in [0, 0.1) is 17.1 Å². The largest absolute Gasteiger partial charge is 0.445 e. The lowest BCUT2D eigenvalue weighted by atomic mass is 10.0. The first-order valence-corrected chi connectivity index (χ1v) is 21.2. The zero-order valence-corrected chi connectivity index (χ0v) is 35.8. The molecule has 4 amide bonds. The van der Waals surface area contributed by atoms with Gasteiger partial charge in [-0.1, -0.05) is 85.8 Å². The lowest BCUT2D eigenvalue weighted by molar-refractivity contribution is -0.133. The fraction of sp³-hybridized carbons (Fsp3) is 0.265. The second-order valence-corrected chi connectivity index (χ2v) is 15.3. The quantitative estimate of drug-likeness (QED) is 0.117. The second kappa shape index (κ2) is 21.5. The molecule has 15 nitrogen and oxygen atoms in total. The molecule has 1 saturated heterocycles. The molecular formula is C49H47FN8O7. The summed E-state index contributed by atoms with van der Waals surface area (Å²) >= 11 is 0. The zero-order chi connectivity index (χ0) is 45.7. The van der Waals surface area contributed by atoms with Crippen molar-refractivity contribution in [3.63, 3.8) is 0 Å². The number of rotatable bonds is 16. The molecular weight excluding hydrogens is 832 g/mol. The Morgan fingerprint density at radius 1 is 0.846 bits per heavy atom. The molecule has 4 aromatic carbocycles. The van der Waals surface area contributed by atoms with Crippen LogP contribution in [0.15, 0.2) is 114 Å². The Bertz CT molecular complexity index is 2790. The average Bonchev–Trinajstić information content (AvgIpc) is 3.35. The van der Waals surface area contributed by atoms with E-state index in [1.807, 2.05) is 54.6 Å². The molecule has 1 aliphatic heterocycles. The number of aryl methyl sites for hydroxylation is 1.